The average molecular weight is 512 g/mol. The first-order valence-corrected chi connectivity index (χ1v) is 11.8. The number of aryl methyl sites for hydroxylation is 1. The highest BCUT2D eigenvalue weighted by molar-refractivity contribution is 6.07. The van der Waals surface area contributed by atoms with Crippen LogP contribution in [0.25, 0.3) is 10.9 Å². The van der Waals surface area contributed by atoms with Gasteiger partial charge in [-0.3, -0.25) is 9.78 Å². The summed E-state index contributed by atoms with van der Waals surface area (Å²) in [7, 11) is 1.47. The monoisotopic (exact) mass is 511 g/mol. The molecule has 0 radical (unpaired) electrons. The predicted octanol–water partition coefficient (Wildman–Crippen LogP) is 3.62. The quantitative estimate of drug-likeness (QED) is 0.275. The number of fused-ring (bicyclic) bond motifs is 1. The van der Waals surface area contributed by atoms with E-state index < -0.39 is 17.8 Å². The molecule has 2 aromatic carbocycles. The number of nitrogen functional groups attached to an aromatic ring is 1. The van der Waals surface area contributed by atoms with Gasteiger partial charge in [0.05, 0.1) is 41.5 Å². The van der Waals surface area contributed by atoms with Gasteiger partial charge in [0, 0.05) is 11.6 Å². The normalized spacial score (nSPS) is 12.1. The summed E-state index contributed by atoms with van der Waals surface area (Å²) in [5.74, 6) is 0.182. The Kier molecular flexibility index (Phi) is 8.44. The average Bonchev–Trinajstić information content (AvgIpc) is 2.81. The van der Waals surface area contributed by atoms with Crippen molar-refractivity contribution in [2.24, 2.45) is 0 Å². The van der Waals surface area contributed by atoms with Crippen LogP contribution in [0.15, 0.2) is 36.4 Å². The molecule has 1 aromatic heterocycles. The van der Waals surface area contributed by atoms with Crippen molar-refractivity contribution in [3.63, 3.8) is 0 Å². The fourth-order valence-electron chi connectivity index (χ4n) is 3.78. The Hall–Kier alpha value is -4.05. The zero-order valence-electron chi connectivity index (χ0n) is 21.9. The zero-order chi connectivity index (χ0) is 27.3. The van der Waals surface area contributed by atoms with Crippen molar-refractivity contribution in [1.82, 2.24) is 10.3 Å². The van der Waals surface area contributed by atoms with Gasteiger partial charge in [-0.05, 0) is 58.9 Å². The molecule has 1 unspecified atom stereocenters. The number of amides is 1. The van der Waals surface area contributed by atoms with Crippen LogP contribution < -0.4 is 25.3 Å². The molecule has 37 heavy (non-hydrogen) atoms. The maximum atomic E-state index is 13.0. The van der Waals surface area contributed by atoms with Gasteiger partial charge in [-0.25, -0.2) is 4.79 Å². The minimum absolute atomic E-state index is 0.0842. The molecule has 0 fully saturated rings. The van der Waals surface area contributed by atoms with E-state index in [0.717, 1.165) is 0 Å². The number of benzene rings is 2. The van der Waals surface area contributed by atoms with Crippen LogP contribution in [-0.2, 0) is 4.74 Å². The first-order valence-electron chi connectivity index (χ1n) is 11.8. The Morgan fingerprint density at radius 2 is 1.89 bits per heavy atom. The smallest absolute Gasteiger partial charge is 0.342 e. The van der Waals surface area contributed by atoms with Gasteiger partial charge >= 0.3 is 5.97 Å². The molecule has 3 rings (SSSR count). The van der Waals surface area contributed by atoms with E-state index in [1.54, 1.807) is 58.0 Å². The van der Waals surface area contributed by atoms with Gasteiger partial charge in [0.15, 0.2) is 6.29 Å². The summed E-state index contributed by atoms with van der Waals surface area (Å²) in [4.78, 5) is 30.0. The minimum Gasteiger partial charge on any atom is -0.497 e. The van der Waals surface area contributed by atoms with Crippen molar-refractivity contribution in [3.8, 4) is 17.2 Å². The molecular weight excluding hydrogens is 478 g/mol. The van der Waals surface area contributed by atoms with Crippen LogP contribution in [-0.4, -0.2) is 54.1 Å². The summed E-state index contributed by atoms with van der Waals surface area (Å²) in [5.41, 5.74) is 7.32. The maximum absolute atomic E-state index is 13.0. The number of pyridine rings is 1. The van der Waals surface area contributed by atoms with Crippen LogP contribution in [0.5, 0.6) is 17.2 Å². The number of aliphatic hydroxyl groups is 1. The second-order valence-corrected chi connectivity index (χ2v) is 9.10. The van der Waals surface area contributed by atoms with E-state index in [2.05, 4.69) is 10.3 Å². The van der Waals surface area contributed by atoms with Crippen LogP contribution in [0.2, 0.25) is 0 Å². The molecule has 198 valence electrons. The predicted molar refractivity (Wildman–Crippen MR) is 139 cm³/mol. The molecule has 1 amide bonds. The second-order valence-electron chi connectivity index (χ2n) is 9.10. The van der Waals surface area contributed by atoms with E-state index >= 15 is 0 Å². The fraction of sp³-hybridized carbons (Fsp3) is 0.370. The van der Waals surface area contributed by atoms with Gasteiger partial charge in [0.25, 0.3) is 5.91 Å². The summed E-state index contributed by atoms with van der Waals surface area (Å²) < 4.78 is 21.8. The maximum Gasteiger partial charge on any atom is 0.342 e. The largest absolute Gasteiger partial charge is 0.497 e. The van der Waals surface area contributed by atoms with Crippen LogP contribution in [0.4, 0.5) is 5.69 Å². The van der Waals surface area contributed by atoms with Crippen molar-refractivity contribution < 1.29 is 33.6 Å². The molecular formula is C27H33N3O7. The van der Waals surface area contributed by atoms with Crippen molar-refractivity contribution >= 4 is 28.5 Å². The molecule has 0 aliphatic carbocycles. The minimum atomic E-state index is -1.05. The molecule has 0 aliphatic rings. The number of aromatic nitrogens is 1. The van der Waals surface area contributed by atoms with Gasteiger partial charge in [-0.1, -0.05) is 6.07 Å². The van der Waals surface area contributed by atoms with E-state index in [-0.39, 0.29) is 35.9 Å². The summed E-state index contributed by atoms with van der Waals surface area (Å²) in [6.07, 6.45) is -1.05. The van der Waals surface area contributed by atoms with E-state index in [9.17, 15) is 14.7 Å². The molecule has 0 bridgehead atoms. The second kappa shape index (κ2) is 11.3. The first-order chi connectivity index (χ1) is 17.5. The topological polar surface area (TPSA) is 142 Å². The lowest BCUT2D eigenvalue weighted by Gasteiger charge is -2.27. The molecule has 10 heteroatoms. The van der Waals surface area contributed by atoms with Crippen molar-refractivity contribution in [2.75, 3.05) is 26.1 Å². The molecule has 0 saturated heterocycles. The number of esters is 1. The zero-order valence-corrected chi connectivity index (χ0v) is 21.9. The fourth-order valence-corrected chi connectivity index (χ4v) is 3.78. The van der Waals surface area contributed by atoms with Crippen molar-refractivity contribution in [2.45, 2.75) is 46.4 Å². The number of anilines is 1. The number of aliphatic hydroxyl groups excluding tert-OH is 1. The van der Waals surface area contributed by atoms with E-state index in [4.69, 9.17) is 24.7 Å². The van der Waals surface area contributed by atoms with Crippen LogP contribution in [0.1, 0.15) is 54.1 Å². The molecule has 10 nitrogen and oxygen atoms in total. The molecule has 0 saturated carbocycles. The highest BCUT2D eigenvalue weighted by Crippen LogP contribution is 2.34. The Balaban J connectivity index is 1.84. The van der Waals surface area contributed by atoms with Crippen LogP contribution >= 0.6 is 0 Å². The third kappa shape index (κ3) is 6.59. The summed E-state index contributed by atoms with van der Waals surface area (Å²) in [6, 6.07) is 9.94. The van der Waals surface area contributed by atoms with Crippen molar-refractivity contribution in [1.29, 1.82) is 0 Å². The highest BCUT2D eigenvalue weighted by Gasteiger charge is 2.25. The number of hydrogen-bond donors (Lipinski definition) is 3. The van der Waals surface area contributed by atoms with Gasteiger partial charge in [0.1, 0.15) is 29.4 Å². The Labute approximate surface area is 215 Å². The third-order valence-electron chi connectivity index (χ3n) is 5.40. The van der Waals surface area contributed by atoms with Gasteiger partial charge < -0.3 is 35.1 Å². The van der Waals surface area contributed by atoms with Gasteiger partial charge in [-0.2, -0.15) is 0 Å². The molecule has 1 atom stereocenters. The lowest BCUT2D eigenvalue weighted by Crippen LogP contribution is -2.47. The number of nitrogens with one attached hydrogen (secondary N) is 1. The van der Waals surface area contributed by atoms with E-state index in [1.165, 1.54) is 20.1 Å². The number of rotatable bonds is 10. The van der Waals surface area contributed by atoms with E-state index in [1.807, 2.05) is 0 Å². The molecule has 1 heterocycles. The SMILES string of the molecule is CCOC(=O)c1c(C)nc2cccc(OCC(C)(C)NC(=O)c3cc(OC)cc(OC(C)O)c3)c2c1N. The first kappa shape index (κ1) is 27.5. The molecule has 0 aliphatic heterocycles. The Bertz CT molecular complexity index is 1300. The van der Waals surface area contributed by atoms with E-state index in [0.29, 0.717) is 33.8 Å². The van der Waals surface area contributed by atoms with Crippen LogP contribution in [0, 0.1) is 6.92 Å². The summed E-state index contributed by atoms with van der Waals surface area (Å²) in [5, 5.41) is 13.0. The lowest BCUT2D eigenvalue weighted by atomic mass is 10.0. The number of nitrogens with two attached hydrogens (primary N) is 1. The lowest BCUT2D eigenvalue weighted by molar-refractivity contribution is -0.000505. The molecule has 4 N–H and O–H groups in total. The Morgan fingerprint density at radius 3 is 2.54 bits per heavy atom. The molecule has 0 spiro atoms. The summed E-state index contributed by atoms with van der Waals surface area (Å²) in [6.45, 7) is 8.78. The number of hydrogen-bond acceptors (Lipinski definition) is 9. The number of nitrogens with zero attached hydrogens (tertiary/aromatic N) is 1. The number of methoxy groups -OCH3 is 1. The Morgan fingerprint density at radius 1 is 1.19 bits per heavy atom. The number of carbonyl (C=O) groups excluding carboxylic acids is 2. The third-order valence-corrected chi connectivity index (χ3v) is 5.40. The highest BCUT2D eigenvalue weighted by atomic mass is 16.6. The number of ether oxygens (including phenoxy) is 4. The molecule has 3 aromatic rings. The summed E-state index contributed by atoms with van der Waals surface area (Å²) >= 11 is 0. The number of carbonyl (C=O) groups is 2. The van der Waals surface area contributed by atoms with Gasteiger partial charge in [-0.15, -0.1) is 0 Å². The van der Waals surface area contributed by atoms with Crippen molar-refractivity contribution in [3.05, 3.63) is 53.2 Å². The van der Waals surface area contributed by atoms with Crippen LogP contribution in [0.3, 0.4) is 0 Å². The standard InChI is InChI=1S/C27H33N3O7/c1-7-35-26(33)22-15(2)29-20-9-8-10-21(23(20)24(22)28)36-14-27(4,5)30-25(32)17-11-18(34-6)13-19(12-17)37-16(3)31/h8-13,16,31H,7,14H2,1-6H3,(H2,28,29)(H,30,32). The van der Waals surface area contributed by atoms with Gasteiger partial charge in [0.2, 0.25) is 0 Å².